The molecular weight excluding hydrogens is 494 g/mol. The van der Waals surface area contributed by atoms with Crippen molar-refractivity contribution in [2.75, 3.05) is 17.6 Å². The van der Waals surface area contributed by atoms with Gasteiger partial charge in [-0.15, -0.1) is 0 Å². The van der Waals surface area contributed by atoms with E-state index in [-0.39, 0.29) is 17.6 Å². The Morgan fingerprint density at radius 3 is 2.73 bits per heavy atom. The third-order valence-corrected chi connectivity index (χ3v) is 7.46. The molecule has 6 rings (SSSR count). The summed E-state index contributed by atoms with van der Waals surface area (Å²) in [7, 11) is 0. The Labute approximate surface area is 215 Å². The van der Waals surface area contributed by atoms with Crippen molar-refractivity contribution in [2.24, 2.45) is 0 Å². The van der Waals surface area contributed by atoms with E-state index in [1.54, 1.807) is 30.0 Å². The highest BCUT2D eigenvalue weighted by Gasteiger charge is 2.27. The second kappa shape index (κ2) is 9.44. The maximum absolute atomic E-state index is 13.9. The van der Waals surface area contributed by atoms with Gasteiger partial charge in [-0.3, -0.25) is 9.55 Å². The van der Waals surface area contributed by atoms with E-state index >= 15 is 0 Å². The third kappa shape index (κ3) is 4.48. The molecule has 5 aromatic rings. The van der Waals surface area contributed by atoms with Gasteiger partial charge >= 0.3 is 0 Å². The van der Waals surface area contributed by atoms with Gasteiger partial charge in [0.1, 0.15) is 17.4 Å². The van der Waals surface area contributed by atoms with Crippen molar-refractivity contribution in [3.05, 3.63) is 78.1 Å². The smallest absolute Gasteiger partial charge is 0.170 e. The Morgan fingerprint density at radius 1 is 1.03 bits per heavy atom. The Kier molecular flexibility index (Phi) is 5.96. The van der Waals surface area contributed by atoms with Gasteiger partial charge in [-0.1, -0.05) is 30.0 Å². The molecule has 0 spiro atoms. The Morgan fingerprint density at radius 2 is 1.89 bits per heavy atom. The summed E-state index contributed by atoms with van der Waals surface area (Å²) < 4.78 is 29.7. The van der Waals surface area contributed by atoms with Crippen molar-refractivity contribution < 1.29 is 13.9 Å². The molecule has 0 unspecified atom stereocenters. The van der Waals surface area contributed by atoms with Gasteiger partial charge in [-0.25, -0.2) is 23.7 Å². The lowest BCUT2D eigenvalue weighted by Crippen LogP contribution is -2.09. The fourth-order valence-corrected chi connectivity index (χ4v) is 5.56. The minimum atomic E-state index is -0.459. The van der Waals surface area contributed by atoms with Crippen molar-refractivity contribution in [3.63, 3.8) is 0 Å². The molecule has 0 aliphatic carbocycles. The summed E-state index contributed by atoms with van der Waals surface area (Å²) >= 11 is 1.67. The number of rotatable bonds is 6. The molecular formula is C27H22F2N6OS. The van der Waals surface area contributed by atoms with E-state index < -0.39 is 5.82 Å². The SMILES string of the molecule is C[C@@H]1CSc2nc3c(NCCc4ccc(O)c(-c5cccc(F)c5)c4)nc(-c4cncc(F)c4)nc3n21. The fourth-order valence-electron chi connectivity index (χ4n) is 4.46. The number of hydrogen-bond donors (Lipinski definition) is 2. The Bertz CT molecular complexity index is 1640. The number of imidazole rings is 1. The highest BCUT2D eigenvalue weighted by atomic mass is 32.2. The van der Waals surface area contributed by atoms with Gasteiger partial charge in [0, 0.05) is 35.7 Å². The molecule has 0 fully saturated rings. The van der Waals surface area contributed by atoms with E-state index in [0.717, 1.165) is 22.7 Å². The molecule has 2 aromatic carbocycles. The van der Waals surface area contributed by atoms with Crippen LogP contribution in [0.3, 0.4) is 0 Å². The molecule has 3 aromatic heterocycles. The number of phenolic OH excluding ortho intramolecular Hbond substituents is 1. The number of fused-ring (bicyclic) bond motifs is 3. The van der Waals surface area contributed by atoms with Gasteiger partial charge in [0.05, 0.1) is 6.20 Å². The van der Waals surface area contributed by atoms with E-state index in [1.165, 1.54) is 24.4 Å². The zero-order valence-electron chi connectivity index (χ0n) is 19.8. The first kappa shape index (κ1) is 23.4. The first-order valence-electron chi connectivity index (χ1n) is 11.8. The molecule has 2 N–H and O–H groups in total. The summed E-state index contributed by atoms with van der Waals surface area (Å²) in [6, 6.07) is 13.0. The van der Waals surface area contributed by atoms with Crippen LogP contribution in [0.1, 0.15) is 18.5 Å². The maximum Gasteiger partial charge on any atom is 0.170 e. The van der Waals surface area contributed by atoms with Crippen molar-refractivity contribution in [2.45, 2.75) is 24.5 Å². The molecule has 0 radical (unpaired) electrons. The van der Waals surface area contributed by atoms with Crippen LogP contribution in [0.5, 0.6) is 5.75 Å². The zero-order chi connectivity index (χ0) is 25.5. The number of halogens is 2. The summed E-state index contributed by atoms with van der Waals surface area (Å²) in [5.41, 5.74) is 3.98. The summed E-state index contributed by atoms with van der Waals surface area (Å²) in [4.78, 5) is 18.1. The standard InChI is InChI=1S/C27H22F2N6OS/c1-15-14-37-27-32-23-25(33-24(34-26(23)35(15)27)18-11-20(29)13-30-12-18)31-8-7-16-5-6-22(36)21(9-16)17-3-2-4-19(28)10-17/h2-6,9-13,15,36H,7-8,14H2,1H3,(H,31,33,34)/t15-/m1/s1. The fraction of sp³-hybridized carbons (Fsp3) is 0.185. The molecule has 0 saturated heterocycles. The second-order valence-electron chi connectivity index (χ2n) is 8.92. The molecule has 0 amide bonds. The van der Waals surface area contributed by atoms with Crippen LogP contribution in [-0.2, 0) is 6.42 Å². The van der Waals surface area contributed by atoms with Crippen molar-refractivity contribution in [1.82, 2.24) is 24.5 Å². The largest absolute Gasteiger partial charge is 0.507 e. The predicted octanol–water partition coefficient (Wildman–Crippen LogP) is 5.86. The molecule has 4 heterocycles. The number of aromatic nitrogens is 5. The highest BCUT2D eigenvalue weighted by Crippen LogP contribution is 2.38. The van der Waals surface area contributed by atoms with Crippen LogP contribution in [0, 0.1) is 11.6 Å². The number of nitrogens with zero attached hydrogens (tertiary/aromatic N) is 5. The first-order chi connectivity index (χ1) is 18.0. The third-order valence-electron chi connectivity index (χ3n) is 6.27. The van der Waals surface area contributed by atoms with Gasteiger partial charge in [-0.05, 0) is 54.8 Å². The maximum atomic E-state index is 13.9. The van der Waals surface area contributed by atoms with E-state index in [9.17, 15) is 13.9 Å². The van der Waals surface area contributed by atoms with Crippen LogP contribution < -0.4 is 5.32 Å². The lowest BCUT2D eigenvalue weighted by molar-refractivity contribution is 0.477. The average Bonchev–Trinajstić information content (AvgIpc) is 3.44. The van der Waals surface area contributed by atoms with Crippen LogP contribution in [-0.4, -0.2) is 41.9 Å². The summed E-state index contributed by atoms with van der Waals surface area (Å²) in [6.07, 6.45) is 3.30. The monoisotopic (exact) mass is 516 g/mol. The van der Waals surface area contributed by atoms with Gasteiger partial charge in [-0.2, -0.15) is 0 Å². The minimum absolute atomic E-state index is 0.0901. The topological polar surface area (TPSA) is 88.8 Å². The van der Waals surface area contributed by atoms with Gasteiger partial charge in [0.2, 0.25) is 0 Å². The molecule has 1 atom stereocenters. The van der Waals surface area contributed by atoms with Gasteiger partial charge in [0.25, 0.3) is 0 Å². The zero-order valence-corrected chi connectivity index (χ0v) is 20.6. The number of thioether (sulfide) groups is 1. The van der Waals surface area contributed by atoms with E-state index in [4.69, 9.17) is 9.97 Å². The lowest BCUT2D eigenvalue weighted by atomic mass is 10.0. The van der Waals surface area contributed by atoms with Crippen LogP contribution in [0.4, 0.5) is 14.6 Å². The Hall–Kier alpha value is -4.05. The number of phenols is 1. The van der Waals surface area contributed by atoms with Crippen LogP contribution >= 0.6 is 11.8 Å². The van der Waals surface area contributed by atoms with Crippen LogP contribution in [0.25, 0.3) is 33.7 Å². The van der Waals surface area contributed by atoms with Crippen LogP contribution in [0.15, 0.2) is 66.1 Å². The van der Waals surface area contributed by atoms with Crippen LogP contribution in [0.2, 0.25) is 0 Å². The molecule has 37 heavy (non-hydrogen) atoms. The average molecular weight is 517 g/mol. The molecule has 1 aliphatic heterocycles. The van der Waals surface area contributed by atoms with E-state index in [0.29, 0.717) is 52.5 Å². The van der Waals surface area contributed by atoms with Gasteiger partial charge in [0.15, 0.2) is 28.0 Å². The Balaban J connectivity index is 1.31. The normalized spacial score (nSPS) is 14.7. The number of pyridine rings is 1. The quantitative estimate of drug-likeness (QED) is 0.292. The number of benzene rings is 2. The number of hydrogen-bond acceptors (Lipinski definition) is 7. The number of nitrogens with one attached hydrogen (secondary N) is 1. The molecule has 7 nitrogen and oxygen atoms in total. The van der Waals surface area contributed by atoms with Crippen molar-refractivity contribution >= 4 is 28.7 Å². The van der Waals surface area contributed by atoms with Gasteiger partial charge < -0.3 is 10.4 Å². The molecule has 10 heteroatoms. The van der Waals surface area contributed by atoms with Crippen molar-refractivity contribution in [3.8, 4) is 28.3 Å². The number of anilines is 1. The molecule has 0 bridgehead atoms. The summed E-state index contributed by atoms with van der Waals surface area (Å²) in [5, 5.41) is 14.6. The molecule has 0 saturated carbocycles. The summed E-state index contributed by atoms with van der Waals surface area (Å²) in [5.74, 6) is 1.11. The van der Waals surface area contributed by atoms with E-state index in [1.807, 2.05) is 12.1 Å². The first-order valence-corrected chi connectivity index (χ1v) is 12.8. The molecule has 186 valence electrons. The number of aromatic hydroxyl groups is 1. The minimum Gasteiger partial charge on any atom is -0.507 e. The van der Waals surface area contributed by atoms with E-state index in [2.05, 4.69) is 26.8 Å². The predicted molar refractivity (Wildman–Crippen MR) is 140 cm³/mol. The second-order valence-corrected chi connectivity index (χ2v) is 9.91. The van der Waals surface area contributed by atoms with Crippen molar-refractivity contribution in [1.29, 1.82) is 0 Å². The molecule has 1 aliphatic rings. The highest BCUT2D eigenvalue weighted by molar-refractivity contribution is 7.99. The summed E-state index contributed by atoms with van der Waals surface area (Å²) in [6.45, 7) is 2.63. The lowest BCUT2D eigenvalue weighted by Gasteiger charge is -2.12.